The van der Waals surface area contributed by atoms with Gasteiger partial charge in [-0.3, -0.25) is 14.3 Å². The molecular weight excluding hydrogens is 514 g/mol. The first kappa shape index (κ1) is 25.2. The Labute approximate surface area is 237 Å². The first-order valence-electron chi connectivity index (χ1n) is 14.0. The van der Waals surface area contributed by atoms with Crippen LogP contribution in [0.1, 0.15) is 42.3 Å². The summed E-state index contributed by atoms with van der Waals surface area (Å²) in [5.74, 6) is 7.82. The zero-order chi connectivity index (χ0) is 27.9. The van der Waals surface area contributed by atoms with Gasteiger partial charge in [-0.05, 0) is 43.5 Å². The Morgan fingerprint density at radius 2 is 2.00 bits per heavy atom. The second-order valence-electron chi connectivity index (χ2n) is 10.8. The lowest BCUT2D eigenvalue weighted by molar-refractivity contribution is 0.253. The molecule has 0 amide bonds. The fourth-order valence-corrected chi connectivity index (χ4v) is 6.48. The minimum absolute atomic E-state index is 0.135. The van der Waals surface area contributed by atoms with E-state index in [0.29, 0.717) is 53.3 Å². The number of hydrogen-bond acceptors (Lipinski definition) is 9. The molecule has 5 heterocycles. The standard InChI is InChI=1S/C31H29N9O/c32-16-24-28(33)35-19-36-29(24)39-14-6-12-26(39)30-37-25-11-4-7-20(8-5-13-38-18-21-15-23(38)17-34-21)27(25)31(41)40(30)22-9-2-1-3-10-22/h1-4,7,9-11,19,21,23,26,34H,6,12-15,17-18H2,(H2,33,35,36)/t21-,23-,26-/m0/s1. The van der Waals surface area contributed by atoms with E-state index in [0.717, 1.165) is 31.6 Å². The molecule has 3 aliphatic rings. The van der Waals surface area contributed by atoms with Crippen LogP contribution in [0.4, 0.5) is 11.6 Å². The van der Waals surface area contributed by atoms with E-state index in [4.69, 9.17) is 10.7 Å². The molecule has 2 aromatic heterocycles. The summed E-state index contributed by atoms with van der Waals surface area (Å²) < 4.78 is 1.69. The quantitative estimate of drug-likeness (QED) is 0.373. The fourth-order valence-electron chi connectivity index (χ4n) is 6.48. The third-order valence-corrected chi connectivity index (χ3v) is 8.40. The van der Waals surface area contributed by atoms with Crippen LogP contribution in [-0.4, -0.2) is 62.7 Å². The van der Waals surface area contributed by atoms with Crippen LogP contribution in [0.3, 0.4) is 0 Å². The van der Waals surface area contributed by atoms with Gasteiger partial charge in [-0.15, -0.1) is 0 Å². The molecule has 3 N–H and O–H groups in total. The molecular formula is C31H29N9O. The number of rotatable bonds is 4. The highest BCUT2D eigenvalue weighted by atomic mass is 16.1. The average Bonchev–Trinajstić information content (AvgIpc) is 3.75. The summed E-state index contributed by atoms with van der Waals surface area (Å²) in [7, 11) is 0. The number of piperazine rings is 1. The highest BCUT2D eigenvalue weighted by molar-refractivity contribution is 5.85. The van der Waals surface area contributed by atoms with Gasteiger partial charge in [0.2, 0.25) is 0 Å². The Morgan fingerprint density at radius 1 is 1.12 bits per heavy atom. The first-order chi connectivity index (χ1) is 20.1. The molecule has 0 spiro atoms. The van der Waals surface area contributed by atoms with Crippen molar-refractivity contribution in [1.29, 1.82) is 5.26 Å². The molecule has 4 aromatic rings. The molecule has 0 radical (unpaired) electrons. The Balaban J connectivity index is 1.35. The molecule has 3 aliphatic heterocycles. The maximum Gasteiger partial charge on any atom is 0.267 e. The van der Waals surface area contributed by atoms with Crippen LogP contribution in [0.2, 0.25) is 0 Å². The number of nitrogens with one attached hydrogen (secondary N) is 1. The maximum atomic E-state index is 14.4. The zero-order valence-corrected chi connectivity index (χ0v) is 22.5. The van der Waals surface area contributed by atoms with Crippen molar-refractivity contribution in [2.24, 2.45) is 0 Å². The summed E-state index contributed by atoms with van der Waals surface area (Å²) in [6.07, 6.45) is 4.14. The van der Waals surface area contributed by atoms with Crippen LogP contribution >= 0.6 is 0 Å². The number of anilines is 2. The van der Waals surface area contributed by atoms with Crippen LogP contribution in [-0.2, 0) is 0 Å². The summed E-state index contributed by atoms with van der Waals surface area (Å²) in [4.78, 5) is 32.4. The van der Waals surface area contributed by atoms with E-state index in [1.165, 1.54) is 12.7 Å². The average molecular weight is 544 g/mol. The van der Waals surface area contributed by atoms with Gasteiger partial charge >= 0.3 is 0 Å². The van der Waals surface area contributed by atoms with Gasteiger partial charge in [-0.25, -0.2) is 15.0 Å². The van der Waals surface area contributed by atoms with Gasteiger partial charge in [0.05, 0.1) is 29.2 Å². The highest BCUT2D eigenvalue weighted by Gasteiger charge is 2.37. The third-order valence-electron chi connectivity index (χ3n) is 8.40. The molecule has 10 nitrogen and oxygen atoms in total. The molecule has 3 saturated heterocycles. The molecule has 0 unspecified atom stereocenters. The molecule has 204 valence electrons. The SMILES string of the molecule is N#Cc1c(N)ncnc1N1CCC[C@H]1c1nc2cccc(C#CCN3C[C@@H]4C[C@H]3CN4)c2c(=O)n1-c1ccccc1. The summed E-state index contributed by atoms with van der Waals surface area (Å²) in [5.41, 5.74) is 8.09. The van der Waals surface area contributed by atoms with Crippen molar-refractivity contribution in [1.82, 2.24) is 29.7 Å². The Morgan fingerprint density at radius 3 is 2.78 bits per heavy atom. The molecule has 0 aliphatic carbocycles. The molecule has 10 heteroatoms. The molecule has 41 heavy (non-hydrogen) atoms. The van der Waals surface area contributed by atoms with Crippen LogP contribution in [0.15, 0.2) is 59.7 Å². The van der Waals surface area contributed by atoms with Gasteiger partial charge < -0.3 is 16.0 Å². The summed E-state index contributed by atoms with van der Waals surface area (Å²) >= 11 is 0. The third kappa shape index (κ3) is 4.38. The zero-order valence-electron chi connectivity index (χ0n) is 22.5. The van der Waals surface area contributed by atoms with Crippen molar-refractivity contribution in [3.8, 4) is 23.6 Å². The van der Waals surface area contributed by atoms with Crippen LogP contribution < -0.4 is 21.5 Å². The van der Waals surface area contributed by atoms with Gasteiger partial charge in [-0.1, -0.05) is 36.1 Å². The number of nitrogen functional groups attached to an aromatic ring is 1. The minimum Gasteiger partial charge on any atom is -0.382 e. The van der Waals surface area contributed by atoms with Crippen molar-refractivity contribution in [3.63, 3.8) is 0 Å². The van der Waals surface area contributed by atoms with Gasteiger partial charge in [0, 0.05) is 37.3 Å². The Bertz CT molecular complexity index is 1800. The Hall–Kier alpha value is -4.77. The number of hydrogen-bond donors (Lipinski definition) is 2. The van der Waals surface area contributed by atoms with Gasteiger partial charge in [-0.2, -0.15) is 5.26 Å². The number of benzene rings is 2. The number of likely N-dealkylation sites (tertiary alicyclic amines) is 1. The second kappa shape index (κ2) is 10.3. The Kier molecular flexibility index (Phi) is 6.35. The number of nitrogens with two attached hydrogens (primary N) is 1. The largest absolute Gasteiger partial charge is 0.382 e. The van der Waals surface area contributed by atoms with Crippen molar-refractivity contribution < 1.29 is 0 Å². The van der Waals surface area contributed by atoms with Gasteiger partial charge in [0.15, 0.2) is 5.82 Å². The lowest BCUT2D eigenvalue weighted by Gasteiger charge is -2.28. The van der Waals surface area contributed by atoms with Crippen molar-refractivity contribution >= 4 is 22.5 Å². The number of fused-ring (bicyclic) bond motifs is 3. The smallest absolute Gasteiger partial charge is 0.267 e. The molecule has 2 bridgehead atoms. The summed E-state index contributed by atoms with van der Waals surface area (Å²) in [6.45, 7) is 3.37. The summed E-state index contributed by atoms with van der Waals surface area (Å²) in [5, 5.41) is 13.8. The van der Waals surface area contributed by atoms with E-state index in [2.05, 4.69) is 38.1 Å². The minimum atomic E-state index is -0.289. The van der Waals surface area contributed by atoms with Crippen molar-refractivity contribution in [3.05, 3.63) is 82.2 Å². The van der Waals surface area contributed by atoms with Crippen LogP contribution in [0.25, 0.3) is 16.6 Å². The predicted molar refractivity (Wildman–Crippen MR) is 156 cm³/mol. The van der Waals surface area contributed by atoms with E-state index in [1.807, 2.05) is 53.4 Å². The monoisotopic (exact) mass is 543 g/mol. The lowest BCUT2D eigenvalue weighted by atomic mass is 10.1. The van der Waals surface area contributed by atoms with E-state index in [-0.39, 0.29) is 23.0 Å². The van der Waals surface area contributed by atoms with Crippen LogP contribution in [0.5, 0.6) is 0 Å². The molecule has 2 aromatic carbocycles. The van der Waals surface area contributed by atoms with E-state index in [1.54, 1.807) is 4.57 Å². The lowest BCUT2D eigenvalue weighted by Crippen LogP contribution is -2.43. The molecule has 3 atom stereocenters. The van der Waals surface area contributed by atoms with E-state index in [9.17, 15) is 10.1 Å². The predicted octanol–water partition coefficient (Wildman–Crippen LogP) is 2.37. The maximum absolute atomic E-state index is 14.4. The first-order valence-corrected chi connectivity index (χ1v) is 14.0. The number of para-hydroxylation sites is 1. The van der Waals surface area contributed by atoms with Gasteiger partial charge in [0.25, 0.3) is 5.56 Å². The number of nitriles is 1. The summed E-state index contributed by atoms with van der Waals surface area (Å²) in [6, 6.07) is 18.2. The number of nitrogens with zero attached hydrogens (tertiary/aromatic N) is 7. The fraction of sp³-hybridized carbons (Fsp3) is 0.323. The molecule has 3 fully saturated rings. The second-order valence-corrected chi connectivity index (χ2v) is 10.8. The van der Waals surface area contributed by atoms with E-state index < -0.39 is 0 Å². The topological polar surface area (TPSA) is 129 Å². The number of aromatic nitrogens is 4. The van der Waals surface area contributed by atoms with Gasteiger partial charge in [0.1, 0.15) is 29.6 Å². The van der Waals surface area contributed by atoms with Crippen molar-refractivity contribution in [2.45, 2.75) is 37.4 Å². The van der Waals surface area contributed by atoms with E-state index >= 15 is 0 Å². The molecule has 0 saturated carbocycles. The normalized spacial score (nSPS) is 21.6. The molecule has 7 rings (SSSR count). The highest BCUT2D eigenvalue weighted by Crippen LogP contribution is 2.37. The van der Waals surface area contributed by atoms with Crippen molar-refractivity contribution in [2.75, 3.05) is 36.8 Å². The van der Waals surface area contributed by atoms with Crippen LogP contribution in [0, 0.1) is 23.2 Å².